The van der Waals surface area contributed by atoms with Crippen LogP contribution in [0.15, 0.2) is 47.4 Å². The Morgan fingerprint density at radius 3 is 2.79 bits per heavy atom. The molecule has 0 aliphatic carbocycles. The zero-order valence-corrected chi connectivity index (χ0v) is 15.4. The zero-order chi connectivity index (χ0) is 20.4. The molecule has 3 heterocycles. The number of halogens is 3. The highest BCUT2D eigenvalue weighted by Crippen LogP contribution is 2.32. The van der Waals surface area contributed by atoms with Gasteiger partial charge in [0.1, 0.15) is 11.6 Å². The summed E-state index contributed by atoms with van der Waals surface area (Å²) in [5, 5.41) is 10.5. The fourth-order valence-electron chi connectivity index (χ4n) is 3.47. The second kappa shape index (κ2) is 7.75. The van der Waals surface area contributed by atoms with E-state index in [9.17, 15) is 18.0 Å². The summed E-state index contributed by atoms with van der Waals surface area (Å²) >= 11 is 0. The van der Waals surface area contributed by atoms with Crippen molar-refractivity contribution in [1.29, 1.82) is 0 Å². The van der Waals surface area contributed by atoms with Crippen LogP contribution in [0.3, 0.4) is 0 Å². The molecule has 1 aliphatic rings. The van der Waals surface area contributed by atoms with Gasteiger partial charge in [0.2, 0.25) is 0 Å². The molecule has 0 radical (unpaired) electrons. The minimum Gasteiger partial charge on any atom is -0.366 e. The molecule has 0 spiro atoms. The second-order valence-electron chi connectivity index (χ2n) is 7.02. The predicted molar refractivity (Wildman–Crippen MR) is 107 cm³/mol. The summed E-state index contributed by atoms with van der Waals surface area (Å²) in [7, 11) is 0. The Bertz CT molecular complexity index is 1070. The molecule has 6 nitrogen and oxygen atoms in total. The standard InChI is InChI=1S/C20H20F3N5O/c21-20(22,23)13-3-1-4-14(10-13)27-18-17-12(6-8-25-19(17)29)9-16(28-18)26-15-5-2-7-24-11-15/h1,3-4,6,8-10,15,24H,2,5,7,11H2,(H,25,29)(H2,26,27,28)/t15-/m1/s1. The lowest BCUT2D eigenvalue weighted by Crippen LogP contribution is -2.38. The first-order valence-electron chi connectivity index (χ1n) is 9.34. The van der Waals surface area contributed by atoms with Crippen LogP contribution < -0.4 is 21.5 Å². The molecule has 1 fully saturated rings. The number of aromatic amines is 1. The van der Waals surface area contributed by atoms with Gasteiger partial charge in [0.25, 0.3) is 5.56 Å². The maximum atomic E-state index is 13.0. The van der Waals surface area contributed by atoms with Crippen LogP contribution in [-0.4, -0.2) is 29.1 Å². The largest absolute Gasteiger partial charge is 0.416 e. The van der Waals surface area contributed by atoms with Crippen LogP contribution >= 0.6 is 0 Å². The van der Waals surface area contributed by atoms with Crippen molar-refractivity contribution in [2.75, 3.05) is 23.7 Å². The van der Waals surface area contributed by atoms with E-state index in [-0.39, 0.29) is 28.5 Å². The fourth-order valence-corrected chi connectivity index (χ4v) is 3.47. The lowest BCUT2D eigenvalue weighted by atomic mass is 10.1. The van der Waals surface area contributed by atoms with Gasteiger partial charge in [0.05, 0.1) is 10.9 Å². The Kier molecular flexibility index (Phi) is 5.14. The first-order chi connectivity index (χ1) is 13.9. The second-order valence-corrected chi connectivity index (χ2v) is 7.02. The van der Waals surface area contributed by atoms with E-state index in [1.54, 1.807) is 12.1 Å². The summed E-state index contributed by atoms with van der Waals surface area (Å²) < 4.78 is 39.1. The van der Waals surface area contributed by atoms with Crippen LogP contribution in [-0.2, 0) is 6.18 Å². The lowest BCUT2D eigenvalue weighted by Gasteiger charge is -2.24. The van der Waals surface area contributed by atoms with E-state index in [0.29, 0.717) is 11.2 Å². The maximum Gasteiger partial charge on any atom is 0.416 e. The molecule has 1 aliphatic heterocycles. The Labute approximate surface area is 164 Å². The van der Waals surface area contributed by atoms with Crippen molar-refractivity contribution in [3.63, 3.8) is 0 Å². The molecule has 0 unspecified atom stereocenters. The van der Waals surface area contributed by atoms with Gasteiger partial charge < -0.3 is 20.9 Å². The number of H-pyrrole nitrogens is 1. The SMILES string of the molecule is O=c1[nH]ccc2cc(N[C@@H]3CCCNC3)nc(Nc3cccc(C(F)(F)F)c3)c12. The number of aromatic nitrogens is 2. The Balaban J connectivity index is 1.73. The molecule has 3 aromatic rings. The van der Waals surface area contributed by atoms with E-state index >= 15 is 0 Å². The third-order valence-electron chi connectivity index (χ3n) is 4.86. The van der Waals surface area contributed by atoms with E-state index < -0.39 is 11.7 Å². The molecule has 29 heavy (non-hydrogen) atoms. The molecular formula is C20H20F3N5O. The van der Waals surface area contributed by atoms with Gasteiger partial charge in [0, 0.05) is 24.5 Å². The number of benzene rings is 1. The molecule has 4 N–H and O–H groups in total. The molecule has 4 rings (SSSR count). The Morgan fingerprint density at radius 1 is 1.17 bits per heavy atom. The maximum absolute atomic E-state index is 13.0. The van der Waals surface area contributed by atoms with Gasteiger partial charge in [-0.3, -0.25) is 4.79 Å². The minimum atomic E-state index is -4.46. The van der Waals surface area contributed by atoms with E-state index in [1.165, 1.54) is 18.3 Å². The van der Waals surface area contributed by atoms with Crippen LogP contribution in [0.4, 0.5) is 30.5 Å². The number of rotatable bonds is 4. The number of hydrogen-bond donors (Lipinski definition) is 4. The molecule has 1 aromatic carbocycles. The molecule has 1 saturated heterocycles. The van der Waals surface area contributed by atoms with Gasteiger partial charge in [-0.15, -0.1) is 0 Å². The van der Waals surface area contributed by atoms with Gasteiger partial charge in [-0.05, 0) is 55.1 Å². The monoisotopic (exact) mass is 403 g/mol. The number of hydrogen-bond acceptors (Lipinski definition) is 5. The first-order valence-corrected chi connectivity index (χ1v) is 9.34. The van der Waals surface area contributed by atoms with Crippen LogP contribution in [0.2, 0.25) is 0 Å². The number of nitrogens with zero attached hydrogens (tertiary/aromatic N) is 1. The highest BCUT2D eigenvalue weighted by molar-refractivity contribution is 5.94. The molecule has 1 atom stereocenters. The fraction of sp³-hybridized carbons (Fsp3) is 0.300. The van der Waals surface area contributed by atoms with E-state index in [2.05, 4.69) is 25.9 Å². The normalized spacial score (nSPS) is 17.3. The van der Waals surface area contributed by atoms with Crippen molar-refractivity contribution < 1.29 is 13.2 Å². The number of fused-ring (bicyclic) bond motifs is 1. The quantitative estimate of drug-likeness (QED) is 0.532. The number of anilines is 3. The van der Waals surface area contributed by atoms with E-state index in [1.807, 2.05) is 0 Å². The van der Waals surface area contributed by atoms with Crippen LogP contribution in [0, 0.1) is 0 Å². The van der Waals surface area contributed by atoms with Gasteiger partial charge in [-0.1, -0.05) is 6.07 Å². The number of pyridine rings is 2. The number of nitrogens with one attached hydrogen (secondary N) is 4. The Hall–Kier alpha value is -3.07. The van der Waals surface area contributed by atoms with Crippen LogP contribution in [0.1, 0.15) is 18.4 Å². The topological polar surface area (TPSA) is 81.8 Å². The molecule has 0 bridgehead atoms. The van der Waals surface area contributed by atoms with Crippen molar-refractivity contribution in [1.82, 2.24) is 15.3 Å². The van der Waals surface area contributed by atoms with E-state index in [4.69, 9.17) is 0 Å². The highest BCUT2D eigenvalue weighted by atomic mass is 19.4. The summed E-state index contributed by atoms with van der Waals surface area (Å²) in [5.74, 6) is 0.765. The molecule has 9 heteroatoms. The number of alkyl halides is 3. The summed E-state index contributed by atoms with van der Waals surface area (Å²) in [6.45, 7) is 1.77. The molecule has 152 valence electrons. The third-order valence-corrected chi connectivity index (χ3v) is 4.86. The summed E-state index contributed by atoms with van der Waals surface area (Å²) in [6.07, 6.45) is -0.897. The molecule has 2 aromatic heterocycles. The zero-order valence-electron chi connectivity index (χ0n) is 15.4. The van der Waals surface area contributed by atoms with Crippen LogP contribution in [0.5, 0.6) is 0 Å². The van der Waals surface area contributed by atoms with E-state index in [0.717, 1.165) is 38.1 Å². The average molecular weight is 403 g/mol. The van der Waals surface area contributed by atoms with Gasteiger partial charge >= 0.3 is 6.18 Å². The van der Waals surface area contributed by atoms with Crippen molar-refractivity contribution in [2.24, 2.45) is 0 Å². The van der Waals surface area contributed by atoms with Crippen molar-refractivity contribution in [3.8, 4) is 0 Å². The summed E-state index contributed by atoms with van der Waals surface area (Å²) in [5.41, 5.74) is -0.938. The first kappa shape index (κ1) is 19.3. The van der Waals surface area contributed by atoms with Crippen molar-refractivity contribution >= 4 is 28.1 Å². The lowest BCUT2D eigenvalue weighted by molar-refractivity contribution is -0.137. The van der Waals surface area contributed by atoms with Crippen LogP contribution in [0.25, 0.3) is 10.8 Å². The summed E-state index contributed by atoms with van der Waals surface area (Å²) in [4.78, 5) is 19.5. The molecule has 0 saturated carbocycles. The molecule has 0 amide bonds. The van der Waals surface area contributed by atoms with Gasteiger partial charge in [-0.25, -0.2) is 4.98 Å². The van der Waals surface area contributed by atoms with Crippen molar-refractivity contribution in [2.45, 2.75) is 25.1 Å². The smallest absolute Gasteiger partial charge is 0.366 e. The third kappa shape index (κ3) is 4.34. The van der Waals surface area contributed by atoms with Gasteiger partial charge in [0.15, 0.2) is 0 Å². The predicted octanol–water partition coefficient (Wildman–Crippen LogP) is 3.85. The number of piperidine rings is 1. The van der Waals surface area contributed by atoms with Crippen molar-refractivity contribution in [3.05, 3.63) is 58.5 Å². The minimum absolute atomic E-state index is 0.192. The summed E-state index contributed by atoms with van der Waals surface area (Å²) in [6, 6.07) is 8.51. The van der Waals surface area contributed by atoms with Gasteiger partial charge in [-0.2, -0.15) is 13.2 Å². The Morgan fingerprint density at radius 2 is 2.03 bits per heavy atom. The molecular weight excluding hydrogens is 383 g/mol. The highest BCUT2D eigenvalue weighted by Gasteiger charge is 2.30. The average Bonchev–Trinajstić information content (AvgIpc) is 2.68.